The molecule has 3 aliphatic rings. The number of esters is 1. The third kappa shape index (κ3) is 2.50. The summed E-state index contributed by atoms with van der Waals surface area (Å²) in [6, 6.07) is 5.65. The minimum atomic E-state index is -0.444. The summed E-state index contributed by atoms with van der Waals surface area (Å²) < 4.78 is 28.4. The average molecular weight is 397 g/mol. The number of fused-ring (bicyclic) bond motifs is 3. The summed E-state index contributed by atoms with van der Waals surface area (Å²) in [6.45, 7) is 2.90. The van der Waals surface area contributed by atoms with Crippen molar-refractivity contribution in [3.8, 4) is 23.0 Å². The number of benzene rings is 2. The Bertz CT molecular complexity index is 1020. The molecule has 2 atom stereocenters. The van der Waals surface area contributed by atoms with Gasteiger partial charge in [0.15, 0.2) is 11.5 Å². The van der Waals surface area contributed by atoms with Crippen molar-refractivity contribution in [1.82, 2.24) is 4.90 Å². The third-order valence-electron chi connectivity index (χ3n) is 6.15. The number of nitrogens with zero attached hydrogens (tertiary/aromatic N) is 1. The molecule has 0 amide bonds. The Labute approximate surface area is 169 Å². The zero-order valence-corrected chi connectivity index (χ0v) is 16.9. The second-order valence-electron chi connectivity index (χ2n) is 7.57. The van der Waals surface area contributed by atoms with Crippen LogP contribution in [0.1, 0.15) is 44.8 Å². The van der Waals surface area contributed by atoms with Gasteiger partial charge in [-0.3, -0.25) is 4.90 Å². The van der Waals surface area contributed by atoms with Gasteiger partial charge in [-0.2, -0.15) is 0 Å². The summed E-state index contributed by atoms with van der Waals surface area (Å²) in [7, 11) is 5.28. The molecule has 5 rings (SSSR count). The van der Waals surface area contributed by atoms with E-state index in [1.807, 2.05) is 32.2 Å². The SMILES string of the molecule is COc1ccc2c(c1C)C(=O)O[C@H]2[C@H]1c2c(cc3c(c2OC)OCO3)CCN1C. The van der Waals surface area contributed by atoms with Crippen LogP contribution < -0.4 is 18.9 Å². The molecular weight excluding hydrogens is 374 g/mol. The molecule has 0 bridgehead atoms. The van der Waals surface area contributed by atoms with E-state index in [1.54, 1.807) is 14.2 Å². The predicted molar refractivity (Wildman–Crippen MR) is 104 cm³/mol. The molecule has 0 aromatic heterocycles. The Morgan fingerprint density at radius 1 is 1.17 bits per heavy atom. The van der Waals surface area contributed by atoms with Crippen LogP contribution in [0.4, 0.5) is 0 Å². The number of likely N-dealkylation sites (N-methyl/N-ethyl adjacent to an activating group) is 1. The molecule has 0 N–H and O–H groups in total. The minimum absolute atomic E-state index is 0.176. The van der Waals surface area contributed by atoms with E-state index < -0.39 is 6.10 Å². The van der Waals surface area contributed by atoms with Crippen molar-refractivity contribution in [3.63, 3.8) is 0 Å². The molecule has 7 heteroatoms. The number of cyclic esters (lactones) is 1. The molecule has 2 aromatic carbocycles. The van der Waals surface area contributed by atoms with E-state index in [4.69, 9.17) is 23.7 Å². The van der Waals surface area contributed by atoms with Crippen molar-refractivity contribution < 1.29 is 28.5 Å². The molecule has 0 radical (unpaired) electrons. The van der Waals surface area contributed by atoms with Crippen LogP contribution in [0, 0.1) is 6.92 Å². The fraction of sp³-hybridized carbons (Fsp3) is 0.409. The maximum absolute atomic E-state index is 12.8. The van der Waals surface area contributed by atoms with Gasteiger partial charge in [0.05, 0.1) is 25.8 Å². The van der Waals surface area contributed by atoms with Crippen molar-refractivity contribution in [2.24, 2.45) is 0 Å². The van der Waals surface area contributed by atoms with Gasteiger partial charge < -0.3 is 23.7 Å². The number of carbonyl (C=O) groups is 1. The summed E-state index contributed by atoms with van der Waals surface area (Å²) in [5.74, 6) is 2.33. The maximum atomic E-state index is 12.8. The summed E-state index contributed by atoms with van der Waals surface area (Å²) >= 11 is 0. The van der Waals surface area contributed by atoms with Crippen LogP contribution in [0.2, 0.25) is 0 Å². The summed E-state index contributed by atoms with van der Waals surface area (Å²) in [5.41, 5.74) is 4.38. The van der Waals surface area contributed by atoms with Crippen LogP contribution in [0.15, 0.2) is 18.2 Å². The first-order chi connectivity index (χ1) is 14.0. The van der Waals surface area contributed by atoms with Gasteiger partial charge in [-0.25, -0.2) is 4.79 Å². The fourth-order valence-corrected chi connectivity index (χ4v) is 4.76. The van der Waals surface area contributed by atoms with E-state index in [1.165, 1.54) is 0 Å². The van der Waals surface area contributed by atoms with E-state index in [9.17, 15) is 4.79 Å². The predicted octanol–water partition coefficient (Wildman–Crippen LogP) is 3.18. The molecule has 0 saturated carbocycles. The molecule has 152 valence electrons. The van der Waals surface area contributed by atoms with Crippen molar-refractivity contribution in [2.45, 2.75) is 25.5 Å². The minimum Gasteiger partial charge on any atom is -0.496 e. The first-order valence-electron chi connectivity index (χ1n) is 9.63. The van der Waals surface area contributed by atoms with Gasteiger partial charge in [0, 0.05) is 23.2 Å². The highest BCUT2D eigenvalue weighted by molar-refractivity contribution is 5.96. The quantitative estimate of drug-likeness (QED) is 0.737. The monoisotopic (exact) mass is 397 g/mol. The lowest BCUT2D eigenvalue weighted by atomic mass is 9.85. The second kappa shape index (κ2) is 6.56. The Balaban J connectivity index is 1.68. The van der Waals surface area contributed by atoms with Crippen molar-refractivity contribution in [1.29, 1.82) is 0 Å². The normalized spacial score (nSPS) is 22.1. The number of hydrogen-bond donors (Lipinski definition) is 0. The van der Waals surface area contributed by atoms with Crippen molar-refractivity contribution in [2.75, 3.05) is 34.6 Å². The topological polar surface area (TPSA) is 66.5 Å². The first-order valence-corrected chi connectivity index (χ1v) is 9.63. The van der Waals surface area contributed by atoms with Gasteiger partial charge in [-0.05, 0) is 38.1 Å². The van der Waals surface area contributed by atoms with Crippen molar-refractivity contribution in [3.05, 3.63) is 46.0 Å². The van der Waals surface area contributed by atoms with Crippen LogP contribution in [0.25, 0.3) is 0 Å². The Kier molecular flexibility index (Phi) is 4.10. The summed E-state index contributed by atoms with van der Waals surface area (Å²) in [6.07, 6.45) is 0.408. The number of carbonyl (C=O) groups excluding carboxylic acids is 1. The molecule has 3 heterocycles. The van der Waals surface area contributed by atoms with Crippen LogP contribution in [-0.4, -0.2) is 45.5 Å². The van der Waals surface area contributed by atoms with Gasteiger partial charge >= 0.3 is 5.97 Å². The van der Waals surface area contributed by atoms with E-state index >= 15 is 0 Å². The first kappa shape index (κ1) is 18.1. The second-order valence-corrected chi connectivity index (χ2v) is 7.57. The molecule has 0 saturated heterocycles. The van der Waals surface area contributed by atoms with E-state index in [2.05, 4.69) is 4.90 Å². The average Bonchev–Trinajstić information content (AvgIpc) is 3.31. The molecule has 2 aromatic rings. The largest absolute Gasteiger partial charge is 0.496 e. The molecule has 0 unspecified atom stereocenters. The van der Waals surface area contributed by atoms with Crippen LogP contribution in [0.5, 0.6) is 23.0 Å². The Hall–Kier alpha value is -2.93. The van der Waals surface area contributed by atoms with Crippen LogP contribution in [0.3, 0.4) is 0 Å². The van der Waals surface area contributed by atoms with Gasteiger partial charge in [0.25, 0.3) is 0 Å². The smallest absolute Gasteiger partial charge is 0.339 e. The third-order valence-corrected chi connectivity index (χ3v) is 6.15. The summed E-state index contributed by atoms with van der Waals surface area (Å²) in [5, 5.41) is 0. The highest BCUT2D eigenvalue weighted by atomic mass is 16.7. The number of hydrogen-bond acceptors (Lipinski definition) is 7. The fourth-order valence-electron chi connectivity index (χ4n) is 4.76. The number of ether oxygens (including phenoxy) is 5. The van der Waals surface area contributed by atoms with Crippen molar-refractivity contribution >= 4 is 5.97 Å². The highest BCUT2D eigenvalue weighted by Crippen LogP contribution is 2.54. The van der Waals surface area contributed by atoms with Gasteiger partial charge in [-0.1, -0.05) is 6.07 Å². The molecule has 0 aliphatic carbocycles. The molecule has 0 fully saturated rings. The van der Waals surface area contributed by atoms with E-state index in [0.29, 0.717) is 28.6 Å². The molecule has 29 heavy (non-hydrogen) atoms. The zero-order valence-electron chi connectivity index (χ0n) is 16.9. The van der Waals surface area contributed by atoms with E-state index in [0.717, 1.165) is 35.2 Å². The molecule has 0 spiro atoms. The zero-order chi connectivity index (χ0) is 20.3. The lowest BCUT2D eigenvalue weighted by Crippen LogP contribution is -2.36. The summed E-state index contributed by atoms with van der Waals surface area (Å²) in [4.78, 5) is 15.0. The Morgan fingerprint density at radius 2 is 2.00 bits per heavy atom. The molecule has 3 aliphatic heterocycles. The Morgan fingerprint density at radius 3 is 2.76 bits per heavy atom. The number of methoxy groups -OCH3 is 2. The molecule has 7 nitrogen and oxygen atoms in total. The van der Waals surface area contributed by atoms with Crippen LogP contribution >= 0.6 is 0 Å². The lowest BCUT2D eigenvalue weighted by Gasteiger charge is -2.38. The van der Waals surface area contributed by atoms with Crippen LogP contribution in [-0.2, 0) is 11.2 Å². The highest BCUT2D eigenvalue weighted by Gasteiger charge is 2.45. The molecular formula is C22H23NO6. The van der Waals surface area contributed by atoms with Gasteiger partial charge in [0.2, 0.25) is 12.5 Å². The maximum Gasteiger partial charge on any atom is 0.339 e. The van der Waals surface area contributed by atoms with Gasteiger partial charge in [0.1, 0.15) is 11.9 Å². The van der Waals surface area contributed by atoms with Gasteiger partial charge in [-0.15, -0.1) is 0 Å². The number of rotatable bonds is 3. The van der Waals surface area contributed by atoms with E-state index in [-0.39, 0.29) is 18.8 Å². The standard InChI is InChI=1S/C22H23NO6/c1-11-14(25-3)6-5-13-16(11)22(24)29-19(13)18-17-12(7-8-23(18)2)9-15-20(21(17)26-4)28-10-27-15/h5-6,9,18-19H,7-8,10H2,1-4H3/t18-,19-/m1/s1. The lowest BCUT2D eigenvalue weighted by molar-refractivity contribution is 0.00880.